The molecule has 1 saturated heterocycles. The van der Waals surface area contributed by atoms with Gasteiger partial charge in [0.15, 0.2) is 0 Å². The van der Waals surface area contributed by atoms with Crippen LogP contribution in [0.2, 0.25) is 0 Å². The molecule has 0 unspecified atom stereocenters. The summed E-state index contributed by atoms with van der Waals surface area (Å²) >= 11 is 0. The topological polar surface area (TPSA) is 85.2 Å². The predicted octanol–water partition coefficient (Wildman–Crippen LogP) is 2.02. The fraction of sp³-hybridized carbons (Fsp3) is 0.471. The van der Waals surface area contributed by atoms with Gasteiger partial charge < -0.3 is 15.2 Å². The van der Waals surface area contributed by atoms with E-state index in [-0.39, 0.29) is 18.4 Å². The number of hydrogen-bond acceptors (Lipinski definition) is 5. The third-order valence-electron chi connectivity index (χ3n) is 4.48. The van der Waals surface area contributed by atoms with Gasteiger partial charge in [0.2, 0.25) is 5.91 Å². The number of hydrogen-bond donors (Lipinski definition) is 1. The van der Waals surface area contributed by atoms with Crippen LogP contribution in [-0.2, 0) is 4.79 Å². The monoisotopic (exact) mass is 314 g/mol. The van der Waals surface area contributed by atoms with E-state index in [1.54, 1.807) is 0 Å². The first kappa shape index (κ1) is 15.7. The maximum Gasteiger partial charge on any atom is 0.236 e. The molecular formula is C17H22N4O2. The second-order valence-electron chi connectivity index (χ2n) is 6.05. The number of nitrogens with zero attached hydrogens (tertiary/aromatic N) is 3. The summed E-state index contributed by atoms with van der Waals surface area (Å²) < 4.78 is 5.22. The van der Waals surface area contributed by atoms with Crippen molar-refractivity contribution in [3.63, 3.8) is 0 Å². The zero-order chi connectivity index (χ0) is 16.4. The molecule has 0 bridgehead atoms. The van der Waals surface area contributed by atoms with Crippen LogP contribution in [0.5, 0.6) is 0 Å². The smallest absolute Gasteiger partial charge is 0.236 e. The lowest BCUT2D eigenvalue weighted by molar-refractivity contribution is -0.130. The van der Waals surface area contributed by atoms with Crippen molar-refractivity contribution in [2.75, 3.05) is 19.6 Å². The highest BCUT2D eigenvalue weighted by Crippen LogP contribution is 2.29. The SMILES string of the molecule is Cc1noc(C)c1-c1ccc([C@H]2CCCN(C(=O)CN)C2)nc1. The van der Waals surface area contributed by atoms with Gasteiger partial charge in [0, 0.05) is 42.0 Å². The molecule has 0 aromatic carbocycles. The van der Waals surface area contributed by atoms with Gasteiger partial charge in [-0.2, -0.15) is 0 Å². The number of aryl methyl sites for hydroxylation is 2. The molecule has 1 aliphatic heterocycles. The summed E-state index contributed by atoms with van der Waals surface area (Å²) in [5.41, 5.74) is 9.38. The van der Waals surface area contributed by atoms with E-state index in [0.717, 1.165) is 47.7 Å². The Morgan fingerprint density at radius 2 is 2.26 bits per heavy atom. The summed E-state index contributed by atoms with van der Waals surface area (Å²) in [5.74, 6) is 1.09. The van der Waals surface area contributed by atoms with E-state index in [2.05, 4.69) is 16.2 Å². The molecule has 122 valence electrons. The standard InChI is InChI=1S/C17H22N4O2/c1-11-17(12(2)23-20-11)13-5-6-15(19-9-13)14-4-3-7-21(10-14)16(22)8-18/h5-6,9,14H,3-4,7-8,10,18H2,1-2H3/t14-/m0/s1. The minimum atomic E-state index is 0.0158. The molecule has 1 fully saturated rings. The Morgan fingerprint density at radius 3 is 2.87 bits per heavy atom. The molecule has 0 saturated carbocycles. The number of nitrogens with two attached hydrogens (primary N) is 1. The van der Waals surface area contributed by atoms with Crippen molar-refractivity contribution in [2.24, 2.45) is 5.73 Å². The van der Waals surface area contributed by atoms with Crippen LogP contribution in [0.1, 0.15) is 35.9 Å². The normalized spacial score (nSPS) is 18.2. The number of piperidine rings is 1. The first-order chi connectivity index (χ1) is 11.1. The van der Waals surface area contributed by atoms with Crippen LogP contribution in [0.3, 0.4) is 0 Å². The van der Waals surface area contributed by atoms with Crippen molar-refractivity contribution in [3.05, 3.63) is 35.5 Å². The maximum absolute atomic E-state index is 11.8. The summed E-state index contributed by atoms with van der Waals surface area (Å²) in [6.07, 6.45) is 3.90. The Kier molecular flexibility index (Phi) is 4.43. The van der Waals surface area contributed by atoms with Crippen LogP contribution in [0.25, 0.3) is 11.1 Å². The predicted molar refractivity (Wildman–Crippen MR) is 86.8 cm³/mol. The molecule has 1 aliphatic rings. The molecule has 0 radical (unpaired) electrons. The number of pyridine rings is 1. The molecule has 0 aliphatic carbocycles. The van der Waals surface area contributed by atoms with E-state index < -0.39 is 0 Å². The van der Waals surface area contributed by atoms with E-state index in [0.29, 0.717) is 6.54 Å². The summed E-state index contributed by atoms with van der Waals surface area (Å²) in [4.78, 5) is 18.3. The summed E-state index contributed by atoms with van der Waals surface area (Å²) in [7, 11) is 0. The lowest BCUT2D eigenvalue weighted by Gasteiger charge is -2.32. The second-order valence-corrected chi connectivity index (χ2v) is 6.05. The van der Waals surface area contributed by atoms with E-state index in [4.69, 9.17) is 10.3 Å². The van der Waals surface area contributed by atoms with Crippen LogP contribution in [0.15, 0.2) is 22.9 Å². The van der Waals surface area contributed by atoms with Crippen molar-refractivity contribution in [3.8, 4) is 11.1 Å². The fourth-order valence-corrected chi connectivity index (χ4v) is 3.26. The van der Waals surface area contributed by atoms with Gasteiger partial charge in [-0.1, -0.05) is 11.2 Å². The number of carbonyl (C=O) groups excluding carboxylic acids is 1. The summed E-state index contributed by atoms with van der Waals surface area (Å²) in [5, 5.41) is 3.98. The highest BCUT2D eigenvalue weighted by molar-refractivity contribution is 5.78. The maximum atomic E-state index is 11.8. The Labute approximate surface area is 135 Å². The Balaban J connectivity index is 1.78. The Bertz CT molecular complexity index is 674. The van der Waals surface area contributed by atoms with Crippen molar-refractivity contribution in [2.45, 2.75) is 32.6 Å². The average molecular weight is 314 g/mol. The molecule has 1 amide bonds. The first-order valence-corrected chi connectivity index (χ1v) is 7.97. The first-order valence-electron chi connectivity index (χ1n) is 7.97. The van der Waals surface area contributed by atoms with Gasteiger partial charge in [-0.25, -0.2) is 0 Å². The van der Waals surface area contributed by atoms with Gasteiger partial charge in [-0.3, -0.25) is 9.78 Å². The minimum Gasteiger partial charge on any atom is -0.361 e. The van der Waals surface area contributed by atoms with Gasteiger partial charge in [-0.05, 0) is 32.8 Å². The number of aromatic nitrogens is 2. The van der Waals surface area contributed by atoms with Crippen LogP contribution in [-0.4, -0.2) is 40.6 Å². The fourth-order valence-electron chi connectivity index (χ4n) is 3.26. The van der Waals surface area contributed by atoms with Crippen molar-refractivity contribution >= 4 is 5.91 Å². The Hall–Kier alpha value is -2.21. The number of likely N-dealkylation sites (tertiary alicyclic amines) is 1. The highest BCUT2D eigenvalue weighted by atomic mass is 16.5. The lowest BCUT2D eigenvalue weighted by Crippen LogP contribution is -2.42. The zero-order valence-corrected chi connectivity index (χ0v) is 13.6. The quantitative estimate of drug-likeness (QED) is 0.936. The lowest BCUT2D eigenvalue weighted by atomic mass is 9.93. The zero-order valence-electron chi connectivity index (χ0n) is 13.6. The van der Waals surface area contributed by atoms with Crippen LogP contribution < -0.4 is 5.73 Å². The molecule has 2 aromatic heterocycles. The van der Waals surface area contributed by atoms with Gasteiger partial charge in [-0.15, -0.1) is 0 Å². The van der Waals surface area contributed by atoms with Crippen molar-refractivity contribution in [1.82, 2.24) is 15.0 Å². The van der Waals surface area contributed by atoms with Gasteiger partial charge >= 0.3 is 0 Å². The molecule has 2 N–H and O–H groups in total. The third kappa shape index (κ3) is 3.12. The summed E-state index contributed by atoms with van der Waals surface area (Å²) in [6.45, 7) is 5.40. The van der Waals surface area contributed by atoms with Crippen molar-refractivity contribution in [1.29, 1.82) is 0 Å². The molecule has 1 atom stereocenters. The number of carbonyl (C=O) groups is 1. The molecule has 3 rings (SSSR count). The van der Waals surface area contributed by atoms with Gasteiger partial charge in [0.1, 0.15) is 5.76 Å². The van der Waals surface area contributed by atoms with E-state index in [1.165, 1.54) is 0 Å². The number of amides is 1. The molecule has 0 spiro atoms. The van der Waals surface area contributed by atoms with Gasteiger partial charge in [0.05, 0.1) is 12.2 Å². The van der Waals surface area contributed by atoms with Crippen LogP contribution >= 0.6 is 0 Å². The van der Waals surface area contributed by atoms with Crippen molar-refractivity contribution < 1.29 is 9.32 Å². The van der Waals surface area contributed by atoms with E-state index in [1.807, 2.05) is 31.0 Å². The van der Waals surface area contributed by atoms with Gasteiger partial charge in [0.25, 0.3) is 0 Å². The largest absolute Gasteiger partial charge is 0.361 e. The highest BCUT2D eigenvalue weighted by Gasteiger charge is 2.25. The molecule has 2 aromatic rings. The number of rotatable bonds is 3. The van der Waals surface area contributed by atoms with Crippen LogP contribution in [0.4, 0.5) is 0 Å². The molecular weight excluding hydrogens is 292 g/mol. The van der Waals surface area contributed by atoms with Crippen LogP contribution in [0, 0.1) is 13.8 Å². The average Bonchev–Trinajstić information content (AvgIpc) is 2.93. The molecule has 6 nitrogen and oxygen atoms in total. The molecule has 3 heterocycles. The minimum absolute atomic E-state index is 0.0158. The molecule has 23 heavy (non-hydrogen) atoms. The molecule has 6 heteroatoms. The third-order valence-corrected chi connectivity index (χ3v) is 4.48. The Morgan fingerprint density at radius 1 is 1.43 bits per heavy atom. The van der Waals surface area contributed by atoms with E-state index in [9.17, 15) is 4.79 Å². The second kappa shape index (κ2) is 6.50. The summed E-state index contributed by atoms with van der Waals surface area (Å²) in [6, 6.07) is 4.10. The van der Waals surface area contributed by atoms with E-state index >= 15 is 0 Å².